The summed E-state index contributed by atoms with van der Waals surface area (Å²) in [4.78, 5) is 21.6. The lowest BCUT2D eigenvalue weighted by molar-refractivity contribution is -0.122. The van der Waals surface area contributed by atoms with Crippen molar-refractivity contribution in [2.75, 3.05) is 46.9 Å². The Morgan fingerprint density at radius 2 is 1.91 bits per heavy atom. The normalized spacial score (nSPS) is 19.8. The molecule has 0 bridgehead atoms. The van der Waals surface area contributed by atoms with Gasteiger partial charge < -0.3 is 14.5 Å². The molecular formula is C22H30N6O4S. The third-order valence-corrected chi connectivity index (χ3v) is 8.01. The maximum atomic E-state index is 13.4. The number of amidine groups is 1. The number of Topliss-reactive ketones (excluding diaryl/α,β-unsaturated/α-hetero) is 1. The molecule has 1 fully saturated rings. The van der Waals surface area contributed by atoms with E-state index in [4.69, 9.17) is 9.73 Å². The molecule has 0 saturated carbocycles. The number of nitrogens with zero attached hydrogens (tertiary/aromatic N) is 5. The van der Waals surface area contributed by atoms with Gasteiger partial charge in [-0.15, -0.1) is 0 Å². The summed E-state index contributed by atoms with van der Waals surface area (Å²) >= 11 is 0. The van der Waals surface area contributed by atoms with Crippen molar-refractivity contribution in [1.82, 2.24) is 24.3 Å². The van der Waals surface area contributed by atoms with Crippen LogP contribution in [0, 0.1) is 0 Å². The molecule has 33 heavy (non-hydrogen) atoms. The number of rotatable bonds is 7. The number of fused-ring (bicyclic) bond motifs is 1. The lowest BCUT2D eigenvalue weighted by Gasteiger charge is -2.34. The molecule has 1 aromatic carbocycles. The van der Waals surface area contributed by atoms with Gasteiger partial charge in [-0.25, -0.2) is 13.4 Å². The Balaban J connectivity index is 1.81. The van der Waals surface area contributed by atoms with Crippen molar-refractivity contribution in [3.05, 3.63) is 35.7 Å². The highest BCUT2D eigenvalue weighted by molar-refractivity contribution is 7.89. The number of carbonyl (C=O) groups is 1. The van der Waals surface area contributed by atoms with Crippen molar-refractivity contribution in [2.45, 2.75) is 31.2 Å². The molecule has 10 nitrogen and oxygen atoms in total. The molecule has 1 aromatic heterocycles. The summed E-state index contributed by atoms with van der Waals surface area (Å²) in [5.74, 6) is 0.985. The van der Waals surface area contributed by atoms with Gasteiger partial charge in [-0.05, 0) is 32.2 Å². The Kier molecular flexibility index (Phi) is 6.55. The molecule has 0 radical (unpaired) electrons. The van der Waals surface area contributed by atoms with E-state index in [1.54, 1.807) is 36.3 Å². The van der Waals surface area contributed by atoms with E-state index in [0.717, 1.165) is 0 Å². The Morgan fingerprint density at radius 3 is 2.58 bits per heavy atom. The van der Waals surface area contributed by atoms with E-state index >= 15 is 0 Å². The van der Waals surface area contributed by atoms with Crippen LogP contribution in [-0.2, 0) is 14.8 Å². The van der Waals surface area contributed by atoms with Crippen LogP contribution >= 0.6 is 0 Å². The van der Waals surface area contributed by atoms with Crippen molar-refractivity contribution in [2.24, 2.45) is 4.99 Å². The lowest BCUT2D eigenvalue weighted by atomic mass is 10.0. The monoisotopic (exact) mass is 474 g/mol. The third kappa shape index (κ3) is 4.28. The molecule has 3 heterocycles. The standard InChI is InChI=1S/C22H30N6O4S/c1-5-18(29)21-20-17(14-23-25-20)24-22(27(21)4)16-13-15(7-8-19(16)32-6-2)33(30,31)28-11-9-26(3)10-12-28/h7-8,13-14,21H,5-6,9-12H2,1-4H3,(H,23,25). The van der Waals surface area contributed by atoms with Crippen molar-refractivity contribution >= 4 is 27.3 Å². The molecular weight excluding hydrogens is 444 g/mol. The zero-order valence-corrected chi connectivity index (χ0v) is 20.2. The average Bonchev–Trinajstić information content (AvgIpc) is 3.27. The van der Waals surface area contributed by atoms with Crippen LogP contribution in [0.3, 0.4) is 0 Å². The summed E-state index contributed by atoms with van der Waals surface area (Å²) in [6.07, 6.45) is 1.92. The maximum Gasteiger partial charge on any atom is 0.243 e. The molecule has 4 rings (SSSR count). The first-order valence-electron chi connectivity index (χ1n) is 11.1. The molecule has 2 aliphatic rings. The number of nitrogens with one attached hydrogen (secondary N) is 1. The number of likely N-dealkylation sites (N-methyl/N-ethyl adjacent to an activating group) is 2. The van der Waals surface area contributed by atoms with Gasteiger partial charge in [0.25, 0.3) is 0 Å². The second-order valence-electron chi connectivity index (χ2n) is 8.24. The van der Waals surface area contributed by atoms with Gasteiger partial charge in [0.1, 0.15) is 23.3 Å². The summed E-state index contributed by atoms with van der Waals surface area (Å²) < 4.78 is 34.1. The van der Waals surface area contributed by atoms with E-state index < -0.39 is 16.1 Å². The minimum absolute atomic E-state index is 0.00886. The number of carbonyl (C=O) groups excluding carboxylic acids is 1. The molecule has 1 saturated heterocycles. The maximum absolute atomic E-state index is 13.4. The predicted molar refractivity (Wildman–Crippen MR) is 124 cm³/mol. The zero-order valence-electron chi connectivity index (χ0n) is 19.4. The number of piperazine rings is 1. The highest BCUT2D eigenvalue weighted by Gasteiger charge is 2.36. The number of ether oxygens (including phenoxy) is 1. The molecule has 178 valence electrons. The van der Waals surface area contributed by atoms with Gasteiger partial charge in [0.15, 0.2) is 5.78 Å². The molecule has 2 aliphatic heterocycles. The van der Waals surface area contributed by atoms with Crippen LogP contribution in [0.2, 0.25) is 0 Å². The van der Waals surface area contributed by atoms with Gasteiger partial charge in [-0.3, -0.25) is 9.89 Å². The van der Waals surface area contributed by atoms with Crippen molar-refractivity contribution in [3.8, 4) is 5.75 Å². The third-order valence-electron chi connectivity index (χ3n) is 6.11. The topological polar surface area (TPSA) is 111 Å². The smallest absolute Gasteiger partial charge is 0.243 e. The van der Waals surface area contributed by atoms with Crippen LogP contribution in [0.5, 0.6) is 5.75 Å². The lowest BCUT2D eigenvalue weighted by Crippen LogP contribution is -2.47. The molecule has 11 heteroatoms. The molecule has 0 spiro atoms. The van der Waals surface area contributed by atoms with Gasteiger partial charge in [-0.2, -0.15) is 9.40 Å². The van der Waals surface area contributed by atoms with E-state index in [1.165, 1.54) is 4.31 Å². The van der Waals surface area contributed by atoms with Gasteiger partial charge in [0.05, 0.1) is 29.0 Å². The molecule has 1 unspecified atom stereocenters. The minimum Gasteiger partial charge on any atom is -0.493 e. The highest BCUT2D eigenvalue weighted by atomic mass is 32.2. The SMILES string of the molecule is CCOc1ccc(S(=O)(=O)N2CCN(C)CC2)cc1C1=Nc2cn[nH]c2C(C(=O)CC)N1C. The van der Waals surface area contributed by atoms with Gasteiger partial charge in [0.2, 0.25) is 10.0 Å². The molecule has 0 aliphatic carbocycles. The fourth-order valence-electron chi connectivity index (χ4n) is 4.21. The summed E-state index contributed by atoms with van der Waals surface area (Å²) in [7, 11) is 0.0684. The quantitative estimate of drug-likeness (QED) is 0.651. The molecule has 2 aromatic rings. The minimum atomic E-state index is -3.69. The van der Waals surface area contributed by atoms with Gasteiger partial charge in [0, 0.05) is 39.6 Å². The number of hydrogen-bond acceptors (Lipinski definition) is 8. The number of H-pyrrole nitrogens is 1. The van der Waals surface area contributed by atoms with E-state index in [1.807, 2.05) is 20.9 Å². The van der Waals surface area contributed by atoms with Crippen LogP contribution in [0.4, 0.5) is 5.69 Å². The number of aromatic amines is 1. The van der Waals surface area contributed by atoms with Crippen molar-refractivity contribution < 1.29 is 17.9 Å². The van der Waals surface area contributed by atoms with Crippen LogP contribution in [0.1, 0.15) is 37.6 Å². The number of aromatic nitrogens is 2. The van der Waals surface area contributed by atoms with E-state index in [9.17, 15) is 13.2 Å². The first-order valence-corrected chi connectivity index (χ1v) is 12.5. The second-order valence-corrected chi connectivity index (χ2v) is 10.2. The van der Waals surface area contributed by atoms with Crippen molar-refractivity contribution in [3.63, 3.8) is 0 Å². The largest absolute Gasteiger partial charge is 0.493 e. The van der Waals surface area contributed by atoms with E-state index in [-0.39, 0.29) is 10.7 Å². The first kappa shape index (κ1) is 23.4. The second kappa shape index (κ2) is 9.24. The first-order chi connectivity index (χ1) is 15.8. The predicted octanol–water partition coefficient (Wildman–Crippen LogP) is 1.79. The van der Waals surface area contributed by atoms with Crippen LogP contribution < -0.4 is 4.74 Å². The zero-order chi connectivity index (χ0) is 23.8. The Morgan fingerprint density at radius 1 is 1.18 bits per heavy atom. The summed E-state index contributed by atoms with van der Waals surface area (Å²) in [6, 6.07) is 4.25. The van der Waals surface area contributed by atoms with Crippen molar-refractivity contribution in [1.29, 1.82) is 0 Å². The Bertz CT molecular complexity index is 1170. The van der Waals surface area contributed by atoms with Crippen LogP contribution in [-0.4, -0.2) is 91.2 Å². The Labute approximate surface area is 194 Å². The number of aliphatic imine (C=N–C) groups is 1. The molecule has 0 amide bonds. The van der Waals surface area contributed by atoms with Crippen LogP contribution in [0.15, 0.2) is 34.3 Å². The number of ketones is 1. The number of sulfonamides is 1. The van der Waals surface area contributed by atoms with Gasteiger partial charge in [-0.1, -0.05) is 6.92 Å². The number of hydrogen-bond donors (Lipinski definition) is 1. The fourth-order valence-corrected chi connectivity index (χ4v) is 5.66. The van der Waals surface area contributed by atoms with Crippen LogP contribution in [0.25, 0.3) is 0 Å². The Hall–Kier alpha value is -2.76. The van der Waals surface area contributed by atoms with E-state index in [2.05, 4.69) is 15.1 Å². The number of benzene rings is 1. The molecule has 1 N–H and O–H groups in total. The summed E-state index contributed by atoms with van der Waals surface area (Å²) in [6.45, 7) is 6.32. The van der Waals surface area contributed by atoms with E-state index in [0.29, 0.717) is 67.7 Å². The fraction of sp³-hybridized carbons (Fsp3) is 0.500. The summed E-state index contributed by atoms with van der Waals surface area (Å²) in [5, 5.41) is 6.96. The highest BCUT2D eigenvalue weighted by Crippen LogP contribution is 2.37. The summed E-state index contributed by atoms with van der Waals surface area (Å²) in [5.41, 5.74) is 1.72. The average molecular weight is 475 g/mol. The molecule has 1 atom stereocenters. The van der Waals surface area contributed by atoms with Gasteiger partial charge >= 0.3 is 0 Å².